The Morgan fingerprint density at radius 1 is 0.882 bits per heavy atom. The molecule has 0 aliphatic rings. The second-order valence-corrected chi connectivity index (χ2v) is 5.99. The number of imide groups is 3. The number of carbonyl (C=O) groups excluding carboxylic acids is 3. The lowest BCUT2D eigenvalue weighted by molar-refractivity contribution is -0.160. The van der Waals surface area contributed by atoms with Crippen molar-refractivity contribution in [3.63, 3.8) is 0 Å². The van der Waals surface area contributed by atoms with E-state index in [0.29, 0.717) is 4.90 Å². The molecule has 0 rings (SSSR count). The van der Waals surface area contributed by atoms with Crippen LogP contribution >= 0.6 is 0 Å². The summed E-state index contributed by atoms with van der Waals surface area (Å²) in [6, 6.07) is 0. The number of hydrogen-bond acceptors (Lipinski definition) is 3. The third-order valence-electron chi connectivity index (χ3n) is 2.08. The SMILES string of the molecule is C=CC(=O)N(C(=O)C(C)(C)C)C(=O)C(C)(C)C. The molecule has 0 aromatic rings. The number of nitrogens with zero attached hydrogens (tertiary/aromatic N) is 1. The summed E-state index contributed by atoms with van der Waals surface area (Å²) in [5.74, 6) is -1.70. The van der Waals surface area contributed by atoms with Gasteiger partial charge in [-0.1, -0.05) is 48.1 Å². The molecule has 96 valence electrons. The Bertz CT molecular complexity index is 330. The maximum absolute atomic E-state index is 12.1. The zero-order chi connectivity index (χ0) is 14.0. The molecule has 0 saturated heterocycles. The summed E-state index contributed by atoms with van der Waals surface area (Å²) < 4.78 is 0. The lowest BCUT2D eigenvalue weighted by atomic mass is 9.90. The van der Waals surface area contributed by atoms with Crippen molar-refractivity contribution in [2.45, 2.75) is 41.5 Å². The average molecular weight is 239 g/mol. The zero-order valence-electron chi connectivity index (χ0n) is 11.5. The molecule has 0 aromatic carbocycles. The molecule has 4 heteroatoms. The Balaban J connectivity index is 5.47. The lowest BCUT2D eigenvalue weighted by Crippen LogP contribution is -2.50. The smallest absolute Gasteiger partial charge is 0.259 e. The summed E-state index contributed by atoms with van der Waals surface area (Å²) in [5, 5.41) is 0. The van der Waals surface area contributed by atoms with E-state index in [4.69, 9.17) is 0 Å². The number of hydrogen-bond donors (Lipinski definition) is 0. The molecule has 0 radical (unpaired) electrons. The summed E-state index contributed by atoms with van der Waals surface area (Å²) >= 11 is 0. The fourth-order valence-corrected chi connectivity index (χ4v) is 1.05. The van der Waals surface area contributed by atoms with Crippen molar-refractivity contribution in [3.05, 3.63) is 12.7 Å². The third-order valence-corrected chi connectivity index (χ3v) is 2.08. The van der Waals surface area contributed by atoms with Crippen molar-refractivity contribution in [1.82, 2.24) is 4.90 Å². The van der Waals surface area contributed by atoms with Gasteiger partial charge in [0.2, 0.25) is 11.8 Å². The minimum atomic E-state index is -0.792. The van der Waals surface area contributed by atoms with Crippen molar-refractivity contribution in [2.75, 3.05) is 0 Å². The number of carbonyl (C=O) groups is 3. The first-order valence-corrected chi connectivity index (χ1v) is 5.48. The highest BCUT2D eigenvalue weighted by Crippen LogP contribution is 2.23. The monoisotopic (exact) mass is 239 g/mol. The standard InChI is InChI=1S/C13H21NO3/c1-8-9(15)14(10(16)12(2,3)4)11(17)13(5,6)7/h8H,1H2,2-7H3. The molecule has 0 atom stereocenters. The Kier molecular flexibility index (Phi) is 4.41. The highest BCUT2D eigenvalue weighted by molar-refractivity contribution is 6.16. The van der Waals surface area contributed by atoms with Gasteiger partial charge in [-0.05, 0) is 6.08 Å². The van der Waals surface area contributed by atoms with Gasteiger partial charge in [0.15, 0.2) is 0 Å². The normalized spacial score (nSPS) is 11.9. The van der Waals surface area contributed by atoms with Gasteiger partial charge in [0.25, 0.3) is 5.91 Å². The van der Waals surface area contributed by atoms with Gasteiger partial charge in [0.1, 0.15) is 0 Å². The van der Waals surface area contributed by atoms with Crippen LogP contribution in [-0.2, 0) is 14.4 Å². The van der Waals surface area contributed by atoms with Crippen molar-refractivity contribution in [3.8, 4) is 0 Å². The molecule has 0 aliphatic heterocycles. The molecule has 0 unspecified atom stereocenters. The Hall–Kier alpha value is -1.45. The van der Waals surface area contributed by atoms with E-state index in [-0.39, 0.29) is 0 Å². The quantitative estimate of drug-likeness (QED) is 0.659. The summed E-state index contributed by atoms with van der Waals surface area (Å²) in [4.78, 5) is 36.5. The molecule has 0 heterocycles. The maximum Gasteiger partial charge on any atom is 0.259 e. The molecule has 0 saturated carbocycles. The van der Waals surface area contributed by atoms with E-state index in [9.17, 15) is 14.4 Å². The van der Waals surface area contributed by atoms with Crippen LogP contribution in [-0.4, -0.2) is 22.6 Å². The maximum atomic E-state index is 12.1. The van der Waals surface area contributed by atoms with Crippen LogP contribution in [0.1, 0.15) is 41.5 Å². The van der Waals surface area contributed by atoms with Crippen LogP contribution in [0, 0.1) is 10.8 Å². The van der Waals surface area contributed by atoms with E-state index in [1.54, 1.807) is 41.5 Å². The average Bonchev–Trinajstić information content (AvgIpc) is 2.14. The topological polar surface area (TPSA) is 54.5 Å². The van der Waals surface area contributed by atoms with E-state index in [1.807, 2.05) is 0 Å². The van der Waals surface area contributed by atoms with Crippen LogP contribution in [0.4, 0.5) is 0 Å². The zero-order valence-corrected chi connectivity index (χ0v) is 11.5. The molecule has 4 nitrogen and oxygen atoms in total. The van der Waals surface area contributed by atoms with Crippen LogP contribution in [0.5, 0.6) is 0 Å². The van der Waals surface area contributed by atoms with E-state index >= 15 is 0 Å². The molecule has 0 aliphatic carbocycles. The van der Waals surface area contributed by atoms with Gasteiger partial charge >= 0.3 is 0 Å². The van der Waals surface area contributed by atoms with E-state index < -0.39 is 28.6 Å². The summed E-state index contributed by atoms with van der Waals surface area (Å²) in [5.41, 5.74) is -1.58. The fourth-order valence-electron chi connectivity index (χ4n) is 1.05. The fraction of sp³-hybridized carbons (Fsp3) is 0.615. The van der Waals surface area contributed by atoms with Gasteiger partial charge in [-0.15, -0.1) is 0 Å². The van der Waals surface area contributed by atoms with Crippen molar-refractivity contribution < 1.29 is 14.4 Å². The molecule has 0 spiro atoms. The van der Waals surface area contributed by atoms with Crippen molar-refractivity contribution in [2.24, 2.45) is 10.8 Å². The van der Waals surface area contributed by atoms with Gasteiger partial charge in [0.05, 0.1) is 0 Å². The Labute approximate surface area is 103 Å². The minimum Gasteiger partial charge on any atom is -0.273 e. The number of amides is 3. The van der Waals surface area contributed by atoms with Crippen LogP contribution in [0.2, 0.25) is 0 Å². The van der Waals surface area contributed by atoms with E-state index in [1.165, 1.54) is 0 Å². The van der Waals surface area contributed by atoms with Crippen molar-refractivity contribution >= 4 is 17.7 Å². The Morgan fingerprint density at radius 3 is 1.35 bits per heavy atom. The van der Waals surface area contributed by atoms with Gasteiger partial charge in [-0.2, -0.15) is 0 Å². The Morgan fingerprint density at radius 2 is 1.18 bits per heavy atom. The molecular weight excluding hydrogens is 218 g/mol. The largest absolute Gasteiger partial charge is 0.273 e. The molecule has 3 amide bonds. The molecular formula is C13H21NO3. The van der Waals surface area contributed by atoms with Crippen LogP contribution in [0.3, 0.4) is 0 Å². The molecule has 0 fully saturated rings. The molecule has 17 heavy (non-hydrogen) atoms. The first-order chi connectivity index (χ1) is 7.42. The van der Waals surface area contributed by atoms with E-state index in [2.05, 4.69) is 6.58 Å². The van der Waals surface area contributed by atoms with Crippen LogP contribution in [0.25, 0.3) is 0 Å². The van der Waals surface area contributed by atoms with Crippen LogP contribution in [0.15, 0.2) is 12.7 Å². The second-order valence-electron chi connectivity index (χ2n) is 5.99. The van der Waals surface area contributed by atoms with Gasteiger partial charge in [-0.3, -0.25) is 14.4 Å². The first-order valence-electron chi connectivity index (χ1n) is 5.48. The first kappa shape index (κ1) is 15.6. The van der Waals surface area contributed by atoms with Gasteiger partial charge < -0.3 is 0 Å². The predicted octanol–water partition coefficient (Wildman–Crippen LogP) is 2.15. The van der Waals surface area contributed by atoms with E-state index in [0.717, 1.165) is 6.08 Å². The minimum absolute atomic E-state index is 0.512. The summed E-state index contributed by atoms with van der Waals surface area (Å²) in [7, 11) is 0. The lowest BCUT2D eigenvalue weighted by Gasteiger charge is -2.30. The highest BCUT2D eigenvalue weighted by Gasteiger charge is 2.39. The van der Waals surface area contributed by atoms with Crippen LogP contribution < -0.4 is 0 Å². The predicted molar refractivity (Wildman–Crippen MR) is 66.0 cm³/mol. The van der Waals surface area contributed by atoms with Gasteiger partial charge in [0, 0.05) is 10.8 Å². The van der Waals surface area contributed by atoms with Gasteiger partial charge in [-0.25, -0.2) is 4.90 Å². The highest BCUT2D eigenvalue weighted by atomic mass is 16.2. The third kappa shape index (κ3) is 3.80. The summed E-state index contributed by atoms with van der Waals surface area (Å²) in [6.07, 6.45) is 0.979. The molecule has 0 bridgehead atoms. The van der Waals surface area contributed by atoms with Crippen molar-refractivity contribution in [1.29, 1.82) is 0 Å². The molecule has 0 N–H and O–H groups in total. The second kappa shape index (κ2) is 4.82. The summed E-state index contributed by atoms with van der Waals surface area (Å²) in [6.45, 7) is 13.3. The molecule has 0 aromatic heterocycles. The number of rotatable bonds is 1.